The zero-order chi connectivity index (χ0) is 19.7. The molecule has 0 radical (unpaired) electrons. The van der Waals surface area contributed by atoms with E-state index in [9.17, 15) is 10.2 Å². The van der Waals surface area contributed by atoms with Gasteiger partial charge < -0.3 is 26.0 Å². The Morgan fingerprint density at radius 2 is 2.21 bits per heavy atom. The standard InChI is InChI=1S/C19H24N6O3/c1-28-13-4-2-3-12(9-13)23-18-17-14(5-8-25(17)22-11-21-18)19(27)24-7-6-15(20)16(26)10-24/h2-5,8-9,11,15-16,19,26-27H,6-7,10,20H2,1H3,(H,21,22,23)/t15-,16-,19?/m1/s1. The van der Waals surface area contributed by atoms with Crippen molar-refractivity contribution in [3.05, 3.63) is 48.4 Å². The number of methoxy groups -OCH3 is 1. The molecule has 9 heteroatoms. The van der Waals surface area contributed by atoms with Gasteiger partial charge in [-0.2, -0.15) is 5.10 Å². The number of hydrogen-bond acceptors (Lipinski definition) is 8. The molecule has 1 fully saturated rings. The lowest BCUT2D eigenvalue weighted by molar-refractivity contribution is -0.0511. The molecule has 0 bridgehead atoms. The van der Waals surface area contributed by atoms with Gasteiger partial charge in [0.25, 0.3) is 0 Å². The maximum atomic E-state index is 11.0. The van der Waals surface area contributed by atoms with Gasteiger partial charge in [-0.15, -0.1) is 0 Å². The van der Waals surface area contributed by atoms with Crippen molar-refractivity contribution in [1.29, 1.82) is 0 Å². The van der Waals surface area contributed by atoms with Crippen molar-refractivity contribution >= 4 is 17.0 Å². The summed E-state index contributed by atoms with van der Waals surface area (Å²) in [6.07, 6.45) is 2.29. The third kappa shape index (κ3) is 3.52. The van der Waals surface area contributed by atoms with Crippen molar-refractivity contribution in [2.45, 2.75) is 24.8 Å². The molecule has 28 heavy (non-hydrogen) atoms. The Balaban J connectivity index is 1.66. The molecule has 5 N–H and O–H groups in total. The van der Waals surface area contributed by atoms with Crippen LogP contribution in [0.1, 0.15) is 18.2 Å². The second-order valence-electron chi connectivity index (χ2n) is 6.92. The Hall–Kier alpha value is -2.72. The summed E-state index contributed by atoms with van der Waals surface area (Å²) in [5.74, 6) is 1.29. The number of nitrogens with zero attached hydrogens (tertiary/aromatic N) is 4. The first-order chi connectivity index (χ1) is 13.6. The van der Waals surface area contributed by atoms with Gasteiger partial charge in [0.15, 0.2) is 5.82 Å². The first-order valence-electron chi connectivity index (χ1n) is 9.16. The number of rotatable bonds is 5. The van der Waals surface area contributed by atoms with Crippen LogP contribution in [0.25, 0.3) is 5.52 Å². The molecule has 0 saturated carbocycles. The summed E-state index contributed by atoms with van der Waals surface area (Å²) in [4.78, 5) is 6.17. The third-order valence-corrected chi connectivity index (χ3v) is 5.11. The quantitative estimate of drug-likeness (QED) is 0.511. The van der Waals surface area contributed by atoms with E-state index in [0.29, 0.717) is 36.4 Å². The number of aromatic nitrogens is 3. The van der Waals surface area contributed by atoms with Gasteiger partial charge in [-0.25, -0.2) is 9.50 Å². The maximum Gasteiger partial charge on any atom is 0.158 e. The van der Waals surface area contributed by atoms with E-state index in [0.717, 1.165) is 11.4 Å². The van der Waals surface area contributed by atoms with Crippen molar-refractivity contribution in [3.63, 3.8) is 0 Å². The number of aliphatic hydroxyl groups is 2. The second-order valence-corrected chi connectivity index (χ2v) is 6.92. The highest BCUT2D eigenvalue weighted by molar-refractivity contribution is 5.77. The fraction of sp³-hybridized carbons (Fsp3) is 0.368. The summed E-state index contributed by atoms with van der Waals surface area (Å²) in [7, 11) is 1.61. The molecule has 0 aliphatic carbocycles. The van der Waals surface area contributed by atoms with E-state index in [1.165, 1.54) is 6.33 Å². The molecule has 1 unspecified atom stereocenters. The highest BCUT2D eigenvalue weighted by atomic mass is 16.5. The van der Waals surface area contributed by atoms with E-state index in [2.05, 4.69) is 15.4 Å². The first-order valence-corrected chi connectivity index (χ1v) is 9.16. The first kappa shape index (κ1) is 18.6. The fourth-order valence-electron chi connectivity index (χ4n) is 3.51. The van der Waals surface area contributed by atoms with Crippen LogP contribution in [0.2, 0.25) is 0 Å². The molecule has 0 spiro atoms. The van der Waals surface area contributed by atoms with Crippen molar-refractivity contribution in [1.82, 2.24) is 19.5 Å². The number of piperidine rings is 1. The van der Waals surface area contributed by atoms with E-state index >= 15 is 0 Å². The Bertz CT molecular complexity index is 962. The molecule has 3 atom stereocenters. The van der Waals surface area contributed by atoms with Crippen LogP contribution < -0.4 is 15.8 Å². The molecular formula is C19H24N6O3. The fourth-order valence-corrected chi connectivity index (χ4v) is 3.51. The van der Waals surface area contributed by atoms with Crippen LogP contribution in [0.3, 0.4) is 0 Å². The molecule has 1 aliphatic heterocycles. The normalized spacial score (nSPS) is 21.6. The number of aliphatic hydroxyl groups excluding tert-OH is 2. The van der Waals surface area contributed by atoms with Gasteiger partial charge in [0.1, 0.15) is 23.8 Å². The summed E-state index contributed by atoms with van der Waals surface area (Å²) in [6, 6.07) is 9.06. The molecule has 3 aromatic rings. The number of ether oxygens (including phenoxy) is 1. The smallest absolute Gasteiger partial charge is 0.158 e. The Labute approximate surface area is 162 Å². The number of hydrogen-bond donors (Lipinski definition) is 4. The summed E-state index contributed by atoms with van der Waals surface area (Å²) >= 11 is 0. The number of nitrogens with two attached hydrogens (primary N) is 1. The Kier molecular flexibility index (Phi) is 5.14. The molecule has 3 heterocycles. The van der Waals surface area contributed by atoms with Gasteiger partial charge in [0, 0.05) is 42.6 Å². The lowest BCUT2D eigenvalue weighted by atomic mass is 10.0. The molecular weight excluding hydrogens is 360 g/mol. The molecule has 1 aromatic carbocycles. The van der Waals surface area contributed by atoms with Crippen molar-refractivity contribution < 1.29 is 14.9 Å². The van der Waals surface area contributed by atoms with Crippen molar-refractivity contribution in [2.75, 3.05) is 25.5 Å². The van der Waals surface area contributed by atoms with Crippen LogP contribution >= 0.6 is 0 Å². The number of nitrogens with one attached hydrogen (secondary N) is 1. The van der Waals surface area contributed by atoms with Gasteiger partial charge in [-0.1, -0.05) is 6.07 Å². The third-order valence-electron chi connectivity index (χ3n) is 5.11. The predicted octanol–water partition coefficient (Wildman–Crippen LogP) is 0.866. The monoisotopic (exact) mass is 384 g/mol. The van der Waals surface area contributed by atoms with Crippen LogP contribution in [0.5, 0.6) is 5.75 Å². The number of β-amino-alcohol motifs (C(OH)–C–C–N with tert-alkyl or cyclic N) is 1. The number of benzene rings is 1. The van der Waals surface area contributed by atoms with Gasteiger partial charge in [0.2, 0.25) is 0 Å². The zero-order valence-corrected chi connectivity index (χ0v) is 15.6. The molecule has 1 aliphatic rings. The largest absolute Gasteiger partial charge is 0.497 e. The minimum Gasteiger partial charge on any atom is -0.497 e. The molecule has 1 saturated heterocycles. The lowest BCUT2D eigenvalue weighted by Gasteiger charge is -2.36. The maximum absolute atomic E-state index is 11.0. The van der Waals surface area contributed by atoms with Crippen molar-refractivity contribution in [3.8, 4) is 5.75 Å². The number of fused-ring (bicyclic) bond motifs is 1. The van der Waals surface area contributed by atoms with E-state index < -0.39 is 12.3 Å². The lowest BCUT2D eigenvalue weighted by Crippen LogP contribution is -2.51. The van der Waals surface area contributed by atoms with Crippen LogP contribution in [-0.2, 0) is 0 Å². The zero-order valence-electron chi connectivity index (χ0n) is 15.6. The molecule has 4 rings (SSSR count). The van der Waals surface area contributed by atoms with Gasteiger partial charge in [-0.3, -0.25) is 4.90 Å². The van der Waals surface area contributed by atoms with E-state index in [1.54, 1.807) is 17.8 Å². The van der Waals surface area contributed by atoms with Crippen molar-refractivity contribution in [2.24, 2.45) is 5.73 Å². The minimum atomic E-state index is -0.899. The van der Waals surface area contributed by atoms with Crippen LogP contribution in [0, 0.1) is 0 Å². The summed E-state index contributed by atoms with van der Waals surface area (Å²) in [5.41, 5.74) is 8.02. The topological polar surface area (TPSA) is 121 Å². The SMILES string of the molecule is COc1cccc(Nc2ncnn3ccc(C(O)N4CC[C@@H](N)[C@H](O)C4)c23)c1. The van der Waals surface area contributed by atoms with E-state index in [4.69, 9.17) is 10.5 Å². The molecule has 2 aromatic heterocycles. The van der Waals surface area contributed by atoms with Gasteiger partial charge >= 0.3 is 0 Å². The van der Waals surface area contributed by atoms with E-state index in [1.807, 2.05) is 35.2 Å². The molecule has 0 amide bonds. The van der Waals surface area contributed by atoms with Gasteiger partial charge in [0.05, 0.1) is 13.2 Å². The number of likely N-dealkylation sites (tertiary alicyclic amines) is 1. The van der Waals surface area contributed by atoms with Crippen LogP contribution in [0.4, 0.5) is 11.5 Å². The van der Waals surface area contributed by atoms with E-state index in [-0.39, 0.29) is 6.04 Å². The predicted molar refractivity (Wildman–Crippen MR) is 104 cm³/mol. The molecule has 9 nitrogen and oxygen atoms in total. The Morgan fingerprint density at radius 1 is 1.36 bits per heavy atom. The minimum absolute atomic E-state index is 0.261. The molecule has 148 valence electrons. The van der Waals surface area contributed by atoms with Crippen LogP contribution in [-0.4, -0.2) is 62.1 Å². The van der Waals surface area contributed by atoms with Crippen LogP contribution in [0.15, 0.2) is 42.9 Å². The summed E-state index contributed by atoms with van der Waals surface area (Å²) in [6.45, 7) is 0.912. The summed E-state index contributed by atoms with van der Waals surface area (Å²) in [5, 5.41) is 28.5. The summed E-state index contributed by atoms with van der Waals surface area (Å²) < 4.78 is 6.93. The number of anilines is 2. The average molecular weight is 384 g/mol. The van der Waals surface area contributed by atoms with Gasteiger partial charge in [-0.05, 0) is 24.6 Å². The average Bonchev–Trinajstić information content (AvgIpc) is 3.15. The highest BCUT2D eigenvalue weighted by Crippen LogP contribution is 2.31. The Morgan fingerprint density at radius 3 is 3.00 bits per heavy atom. The second kappa shape index (κ2) is 7.72. The highest BCUT2D eigenvalue weighted by Gasteiger charge is 2.30.